The quantitative estimate of drug-likeness (QED) is 0.367. The fourth-order valence-corrected chi connectivity index (χ4v) is 3.52. The number of nitrogens with zero attached hydrogens (tertiary/aromatic N) is 2. The van der Waals surface area contributed by atoms with Crippen LogP contribution in [0.3, 0.4) is 0 Å². The maximum atomic E-state index is 14.4. The molecule has 0 spiro atoms. The van der Waals surface area contributed by atoms with Crippen LogP contribution in [0.4, 0.5) is 10.2 Å². The molecule has 0 saturated heterocycles. The van der Waals surface area contributed by atoms with Gasteiger partial charge in [0.1, 0.15) is 11.3 Å². The monoisotopic (exact) mass is 447 g/mol. The molecule has 0 aliphatic heterocycles. The zero-order valence-corrected chi connectivity index (χ0v) is 17.0. The van der Waals surface area contributed by atoms with E-state index in [4.69, 9.17) is 34.8 Å². The molecule has 0 aliphatic rings. The second kappa shape index (κ2) is 8.03. The second-order valence-corrected chi connectivity index (χ2v) is 7.56. The average Bonchev–Trinajstić information content (AvgIpc) is 2.71. The van der Waals surface area contributed by atoms with Gasteiger partial charge in [-0.3, -0.25) is 4.98 Å². The standard InChI is InChI=1S/C21H13Cl3FN3O/c22-13-9-17(25)21(27-10-13)28-18(12-4-6-15(23)16(24)8-12)14-5-3-11-2-1-7-26-19(11)20(14)29/h1-10,18,29H,(H,27,28). The lowest BCUT2D eigenvalue weighted by Gasteiger charge is -2.22. The van der Waals surface area contributed by atoms with Crippen molar-refractivity contribution in [3.05, 3.63) is 92.9 Å². The first-order chi connectivity index (χ1) is 13.9. The molecule has 0 saturated carbocycles. The predicted molar refractivity (Wildman–Crippen MR) is 115 cm³/mol. The summed E-state index contributed by atoms with van der Waals surface area (Å²) in [4.78, 5) is 8.28. The van der Waals surface area contributed by atoms with Gasteiger partial charge in [0.15, 0.2) is 11.6 Å². The Morgan fingerprint density at radius 3 is 2.55 bits per heavy atom. The molecule has 2 heterocycles. The van der Waals surface area contributed by atoms with E-state index in [1.807, 2.05) is 12.1 Å². The van der Waals surface area contributed by atoms with Crippen LogP contribution in [0, 0.1) is 5.82 Å². The van der Waals surface area contributed by atoms with E-state index in [-0.39, 0.29) is 16.6 Å². The summed E-state index contributed by atoms with van der Waals surface area (Å²) >= 11 is 18.0. The van der Waals surface area contributed by atoms with Crippen molar-refractivity contribution in [1.29, 1.82) is 0 Å². The number of nitrogens with one attached hydrogen (secondary N) is 1. The molecule has 0 bridgehead atoms. The molecule has 146 valence electrons. The normalized spacial score (nSPS) is 12.1. The Balaban J connectivity index is 1.88. The summed E-state index contributed by atoms with van der Waals surface area (Å²) < 4.78 is 14.4. The molecule has 0 aliphatic carbocycles. The summed E-state index contributed by atoms with van der Waals surface area (Å²) in [6.45, 7) is 0. The van der Waals surface area contributed by atoms with Gasteiger partial charge in [-0.15, -0.1) is 0 Å². The van der Waals surface area contributed by atoms with Gasteiger partial charge in [0.2, 0.25) is 0 Å². The van der Waals surface area contributed by atoms with Gasteiger partial charge in [-0.05, 0) is 29.8 Å². The average molecular weight is 449 g/mol. The molecule has 0 amide bonds. The topological polar surface area (TPSA) is 58.0 Å². The summed E-state index contributed by atoms with van der Waals surface area (Å²) in [6, 6.07) is 12.7. The number of anilines is 1. The Bertz CT molecular complexity index is 1220. The minimum Gasteiger partial charge on any atom is -0.505 e. The lowest BCUT2D eigenvalue weighted by molar-refractivity contribution is 0.471. The van der Waals surface area contributed by atoms with Crippen molar-refractivity contribution < 1.29 is 9.50 Å². The summed E-state index contributed by atoms with van der Waals surface area (Å²) in [7, 11) is 0. The first-order valence-corrected chi connectivity index (χ1v) is 9.66. The van der Waals surface area contributed by atoms with E-state index in [9.17, 15) is 9.50 Å². The van der Waals surface area contributed by atoms with Crippen LogP contribution in [-0.4, -0.2) is 15.1 Å². The maximum Gasteiger partial charge on any atom is 0.166 e. The van der Waals surface area contributed by atoms with Crippen molar-refractivity contribution in [3.63, 3.8) is 0 Å². The summed E-state index contributed by atoms with van der Waals surface area (Å²) in [5, 5.41) is 15.6. The number of aromatic nitrogens is 2. The number of aromatic hydroxyl groups is 1. The molecule has 0 fully saturated rings. The molecule has 4 nitrogen and oxygen atoms in total. The number of rotatable bonds is 4. The van der Waals surface area contributed by atoms with Gasteiger partial charge in [0, 0.05) is 23.3 Å². The number of fused-ring (bicyclic) bond motifs is 1. The number of pyridine rings is 2. The van der Waals surface area contributed by atoms with Crippen LogP contribution in [0.2, 0.25) is 15.1 Å². The zero-order chi connectivity index (χ0) is 20.5. The molecule has 4 aromatic rings. The molecular formula is C21H13Cl3FN3O. The van der Waals surface area contributed by atoms with Crippen LogP contribution < -0.4 is 5.32 Å². The highest BCUT2D eigenvalue weighted by Gasteiger charge is 2.22. The predicted octanol–water partition coefficient (Wildman–Crippen LogP) is 6.64. The molecule has 4 rings (SSSR count). The third-order valence-electron chi connectivity index (χ3n) is 4.46. The van der Waals surface area contributed by atoms with Gasteiger partial charge in [-0.25, -0.2) is 9.37 Å². The summed E-state index contributed by atoms with van der Waals surface area (Å²) in [5.74, 6) is -0.673. The van der Waals surface area contributed by atoms with Crippen molar-refractivity contribution in [1.82, 2.24) is 9.97 Å². The minimum atomic E-state index is -0.681. The SMILES string of the molecule is Oc1c(C(Nc2ncc(Cl)cc2F)c2ccc(Cl)c(Cl)c2)ccc2cccnc12. The molecule has 2 N–H and O–H groups in total. The number of hydrogen-bond acceptors (Lipinski definition) is 4. The van der Waals surface area contributed by atoms with Crippen LogP contribution in [-0.2, 0) is 0 Å². The van der Waals surface area contributed by atoms with E-state index in [1.165, 1.54) is 6.20 Å². The Morgan fingerprint density at radius 2 is 1.79 bits per heavy atom. The fraction of sp³-hybridized carbons (Fsp3) is 0.0476. The largest absolute Gasteiger partial charge is 0.505 e. The van der Waals surface area contributed by atoms with Gasteiger partial charge in [0.05, 0.1) is 21.1 Å². The van der Waals surface area contributed by atoms with E-state index in [0.717, 1.165) is 11.5 Å². The van der Waals surface area contributed by atoms with Crippen LogP contribution >= 0.6 is 34.8 Å². The highest BCUT2D eigenvalue weighted by molar-refractivity contribution is 6.42. The van der Waals surface area contributed by atoms with Crippen molar-refractivity contribution in [2.75, 3.05) is 5.32 Å². The summed E-state index contributed by atoms with van der Waals surface area (Å²) in [6.07, 6.45) is 2.93. The van der Waals surface area contributed by atoms with Gasteiger partial charge >= 0.3 is 0 Å². The molecule has 8 heteroatoms. The van der Waals surface area contributed by atoms with Gasteiger partial charge in [-0.1, -0.05) is 59.1 Å². The van der Waals surface area contributed by atoms with Gasteiger partial charge in [-0.2, -0.15) is 0 Å². The highest BCUT2D eigenvalue weighted by Crippen LogP contribution is 2.38. The van der Waals surface area contributed by atoms with Crippen LogP contribution in [0.5, 0.6) is 5.75 Å². The lowest BCUT2D eigenvalue weighted by Crippen LogP contribution is -2.15. The third kappa shape index (κ3) is 3.94. The van der Waals surface area contributed by atoms with Crippen molar-refractivity contribution in [2.24, 2.45) is 0 Å². The Labute approximate surface area is 180 Å². The van der Waals surface area contributed by atoms with E-state index in [2.05, 4.69) is 15.3 Å². The van der Waals surface area contributed by atoms with E-state index in [1.54, 1.807) is 36.5 Å². The van der Waals surface area contributed by atoms with E-state index in [0.29, 0.717) is 26.7 Å². The maximum absolute atomic E-state index is 14.4. The molecule has 2 aromatic heterocycles. The molecule has 29 heavy (non-hydrogen) atoms. The minimum absolute atomic E-state index is 0.0222. The van der Waals surface area contributed by atoms with Crippen molar-refractivity contribution in [3.8, 4) is 5.75 Å². The first kappa shape index (κ1) is 19.7. The molecule has 2 aromatic carbocycles. The highest BCUT2D eigenvalue weighted by atomic mass is 35.5. The van der Waals surface area contributed by atoms with Crippen molar-refractivity contribution in [2.45, 2.75) is 6.04 Å². The lowest BCUT2D eigenvalue weighted by atomic mass is 9.96. The second-order valence-electron chi connectivity index (χ2n) is 6.31. The van der Waals surface area contributed by atoms with E-state index >= 15 is 0 Å². The van der Waals surface area contributed by atoms with Crippen LogP contribution in [0.25, 0.3) is 10.9 Å². The molecule has 1 unspecified atom stereocenters. The Morgan fingerprint density at radius 1 is 0.966 bits per heavy atom. The third-order valence-corrected chi connectivity index (χ3v) is 5.40. The number of hydrogen-bond donors (Lipinski definition) is 2. The van der Waals surface area contributed by atoms with Gasteiger partial charge in [0.25, 0.3) is 0 Å². The van der Waals surface area contributed by atoms with Gasteiger partial charge < -0.3 is 10.4 Å². The van der Waals surface area contributed by atoms with Crippen LogP contribution in [0.15, 0.2) is 60.9 Å². The zero-order valence-electron chi connectivity index (χ0n) is 14.7. The number of benzene rings is 2. The smallest absolute Gasteiger partial charge is 0.166 e. The van der Waals surface area contributed by atoms with Crippen LogP contribution in [0.1, 0.15) is 17.2 Å². The first-order valence-electron chi connectivity index (χ1n) is 8.53. The van der Waals surface area contributed by atoms with Crippen molar-refractivity contribution >= 4 is 51.5 Å². The number of phenols is 1. The Kier molecular flexibility index (Phi) is 5.46. The molecule has 0 radical (unpaired) electrons. The molecule has 1 atom stereocenters. The number of halogens is 4. The summed E-state index contributed by atoms with van der Waals surface area (Å²) in [5.41, 5.74) is 1.56. The Hall–Kier alpha value is -2.60. The fourth-order valence-electron chi connectivity index (χ4n) is 3.07. The molecular weight excluding hydrogens is 436 g/mol. The number of phenolic OH excluding ortho intramolecular Hbond substituents is 1. The van der Waals surface area contributed by atoms with E-state index < -0.39 is 11.9 Å².